The number of ether oxygens (including phenoxy) is 1. The Bertz CT molecular complexity index is 1080. The lowest BCUT2D eigenvalue weighted by atomic mass is 10.1. The molecule has 0 fully saturated rings. The molecule has 2 aromatic rings. The van der Waals surface area contributed by atoms with Crippen molar-refractivity contribution < 1.29 is 17.9 Å². The number of anilines is 1. The van der Waals surface area contributed by atoms with E-state index in [4.69, 9.17) is 21.5 Å². The molecule has 2 N–H and O–H groups in total. The molecule has 0 unspecified atom stereocenters. The van der Waals surface area contributed by atoms with Crippen molar-refractivity contribution in [2.24, 2.45) is 10.2 Å². The van der Waals surface area contributed by atoms with Crippen LogP contribution in [-0.2, 0) is 14.8 Å². The number of benzene rings is 2. The first-order valence-corrected chi connectivity index (χ1v) is 9.71. The number of methoxy groups -OCH3 is 1. The maximum absolute atomic E-state index is 12.8. The summed E-state index contributed by atoms with van der Waals surface area (Å²) in [5.41, 5.74) is 1.96. The van der Waals surface area contributed by atoms with E-state index in [9.17, 15) is 13.2 Å². The summed E-state index contributed by atoms with van der Waals surface area (Å²) in [4.78, 5) is 12.8. The monoisotopic (exact) mass is 405 g/mol. The smallest absolute Gasteiger partial charge is 0.280 e. The van der Waals surface area contributed by atoms with Crippen LogP contribution >= 0.6 is 11.6 Å². The lowest BCUT2D eigenvalue weighted by Gasteiger charge is -2.12. The third-order valence-corrected chi connectivity index (χ3v) is 5.13. The third kappa shape index (κ3) is 3.87. The van der Waals surface area contributed by atoms with Crippen LogP contribution in [0.1, 0.15) is 12.5 Å². The van der Waals surface area contributed by atoms with E-state index in [0.29, 0.717) is 33.3 Å². The molecule has 1 amide bonds. The van der Waals surface area contributed by atoms with Crippen LogP contribution in [0.25, 0.3) is 6.08 Å². The second kappa shape index (κ2) is 7.15. The van der Waals surface area contributed by atoms with Gasteiger partial charge in [0.1, 0.15) is 5.75 Å². The average Bonchev–Trinajstić information content (AvgIpc) is 2.89. The van der Waals surface area contributed by atoms with Gasteiger partial charge in [-0.05, 0) is 55.5 Å². The highest BCUT2D eigenvalue weighted by Crippen LogP contribution is 2.29. The van der Waals surface area contributed by atoms with Gasteiger partial charge in [0, 0.05) is 10.6 Å². The van der Waals surface area contributed by atoms with Crippen molar-refractivity contribution in [3.8, 4) is 5.75 Å². The van der Waals surface area contributed by atoms with Gasteiger partial charge in [0.25, 0.3) is 5.91 Å². The number of rotatable bonds is 4. The topological polar surface area (TPSA) is 102 Å². The van der Waals surface area contributed by atoms with Crippen molar-refractivity contribution in [2.45, 2.75) is 11.8 Å². The molecule has 140 valence electrons. The molecule has 1 aliphatic rings. The molecular weight excluding hydrogens is 390 g/mol. The largest absolute Gasteiger partial charge is 0.496 e. The van der Waals surface area contributed by atoms with Gasteiger partial charge in [0.05, 0.1) is 29.0 Å². The van der Waals surface area contributed by atoms with Crippen LogP contribution in [-0.4, -0.2) is 27.1 Å². The lowest BCUT2D eigenvalue weighted by molar-refractivity contribution is -0.114. The highest BCUT2D eigenvalue weighted by molar-refractivity contribution is 7.89. The van der Waals surface area contributed by atoms with E-state index in [1.54, 1.807) is 31.2 Å². The molecule has 0 aliphatic carbocycles. The third-order valence-electron chi connectivity index (χ3n) is 3.96. The number of nitrogens with zero attached hydrogens (tertiary/aromatic N) is 2. The van der Waals surface area contributed by atoms with E-state index >= 15 is 0 Å². The number of hydrogen-bond donors (Lipinski definition) is 1. The van der Waals surface area contributed by atoms with Gasteiger partial charge in [-0.15, -0.1) is 0 Å². The quantitative estimate of drug-likeness (QED) is 0.790. The molecule has 0 atom stereocenters. The molecule has 0 radical (unpaired) electrons. The zero-order valence-electron chi connectivity index (χ0n) is 14.5. The Kier molecular flexibility index (Phi) is 5.05. The Balaban J connectivity index is 1.96. The van der Waals surface area contributed by atoms with Crippen molar-refractivity contribution in [1.82, 2.24) is 0 Å². The Morgan fingerprint density at radius 3 is 2.44 bits per heavy atom. The molecule has 0 aromatic heterocycles. The molecule has 3 rings (SSSR count). The fourth-order valence-corrected chi connectivity index (χ4v) is 3.31. The number of sulfonamides is 1. The number of hydrogen-bond acceptors (Lipinski definition) is 5. The molecule has 0 saturated carbocycles. The highest BCUT2D eigenvalue weighted by Gasteiger charge is 2.29. The van der Waals surface area contributed by atoms with Gasteiger partial charge in [-0.3, -0.25) is 4.79 Å². The fraction of sp³-hybridized carbons (Fsp3) is 0.111. The van der Waals surface area contributed by atoms with E-state index < -0.39 is 10.0 Å². The summed E-state index contributed by atoms with van der Waals surface area (Å²) >= 11 is 6.04. The summed E-state index contributed by atoms with van der Waals surface area (Å²) in [7, 11) is -2.28. The molecule has 0 bridgehead atoms. The number of carbonyl (C=O) groups is 1. The fourth-order valence-electron chi connectivity index (χ4n) is 2.61. The minimum Gasteiger partial charge on any atom is -0.496 e. The molecule has 1 heterocycles. The van der Waals surface area contributed by atoms with Crippen LogP contribution in [0.15, 0.2) is 58.0 Å². The van der Waals surface area contributed by atoms with Crippen molar-refractivity contribution in [3.63, 3.8) is 0 Å². The van der Waals surface area contributed by atoms with Gasteiger partial charge in [-0.1, -0.05) is 11.6 Å². The first kappa shape index (κ1) is 19.1. The van der Waals surface area contributed by atoms with Crippen LogP contribution in [0.4, 0.5) is 5.69 Å². The maximum Gasteiger partial charge on any atom is 0.280 e. The standard InChI is InChI=1S/C18H16ClN3O4S/c1-11-16(10-12-9-13(19)3-8-17(12)26-2)18(23)22(21-11)14-4-6-15(7-5-14)27(20,24)25/h3-10H,1-2H3,(H2,20,24,25)/b16-10-. The van der Waals surface area contributed by atoms with Crippen LogP contribution in [0.2, 0.25) is 5.02 Å². The number of halogens is 1. The molecule has 0 saturated heterocycles. The van der Waals surface area contributed by atoms with Crippen LogP contribution in [0.5, 0.6) is 5.75 Å². The summed E-state index contributed by atoms with van der Waals surface area (Å²) in [5, 5.41) is 11.1. The number of amides is 1. The molecular formula is C18H16ClN3O4S. The minimum absolute atomic E-state index is 0.0435. The highest BCUT2D eigenvalue weighted by atomic mass is 35.5. The first-order chi connectivity index (χ1) is 12.7. The summed E-state index contributed by atoms with van der Waals surface area (Å²) in [6, 6.07) is 10.7. The summed E-state index contributed by atoms with van der Waals surface area (Å²) in [5.74, 6) is 0.223. The molecule has 27 heavy (non-hydrogen) atoms. The maximum atomic E-state index is 12.8. The van der Waals surface area contributed by atoms with Gasteiger partial charge in [0.2, 0.25) is 10.0 Å². The van der Waals surface area contributed by atoms with Crippen molar-refractivity contribution in [1.29, 1.82) is 0 Å². The van der Waals surface area contributed by atoms with E-state index in [1.165, 1.54) is 36.4 Å². The Morgan fingerprint density at radius 2 is 1.85 bits per heavy atom. The Morgan fingerprint density at radius 1 is 1.19 bits per heavy atom. The SMILES string of the molecule is COc1ccc(Cl)cc1/C=C1\C(=O)N(c2ccc(S(N)(=O)=O)cc2)N=C1C. The Labute approximate surface area is 161 Å². The molecule has 1 aliphatic heterocycles. The predicted octanol–water partition coefficient (Wildman–Crippen LogP) is 2.80. The second-order valence-electron chi connectivity index (χ2n) is 5.79. The number of carbonyl (C=O) groups excluding carboxylic acids is 1. The van der Waals surface area contributed by atoms with Crippen molar-refractivity contribution >= 4 is 45.0 Å². The minimum atomic E-state index is -3.81. The van der Waals surface area contributed by atoms with Crippen molar-refractivity contribution in [2.75, 3.05) is 12.1 Å². The number of primary sulfonamides is 1. The number of hydrazone groups is 1. The van der Waals surface area contributed by atoms with Gasteiger partial charge in [0.15, 0.2) is 0 Å². The molecule has 0 spiro atoms. The normalized spacial score (nSPS) is 16.0. The summed E-state index contributed by atoms with van der Waals surface area (Å²) in [6.45, 7) is 1.71. The zero-order chi connectivity index (χ0) is 19.8. The van der Waals surface area contributed by atoms with E-state index in [0.717, 1.165) is 0 Å². The van der Waals surface area contributed by atoms with Gasteiger partial charge in [-0.25, -0.2) is 13.6 Å². The molecule has 2 aromatic carbocycles. The summed E-state index contributed by atoms with van der Waals surface area (Å²) in [6.07, 6.45) is 1.66. The Hall–Kier alpha value is -2.68. The van der Waals surface area contributed by atoms with E-state index in [-0.39, 0.29) is 10.8 Å². The zero-order valence-corrected chi connectivity index (χ0v) is 16.1. The van der Waals surface area contributed by atoms with Crippen molar-refractivity contribution in [3.05, 3.63) is 58.6 Å². The van der Waals surface area contributed by atoms with Gasteiger partial charge < -0.3 is 4.74 Å². The van der Waals surface area contributed by atoms with Gasteiger partial charge >= 0.3 is 0 Å². The lowest BCUT2D eigenvalue weighted by Crippen LogP contribution is -2.21. The van der Waals surface area contributed by atoms with Gasteiger partial charge in [-0.2, -0.15) is 10.1 Å². The van der Waals surface area contributed by atoms with Crippen LogP contribution in [0.3, 0.4) is 0 Å². The van der Waals surface area contributed by atoms with E-state index in [1.807, 2.05) is 0 Å². The van der Waals surface area contributed by atoms with Crippen LogP contribution < -0.4 is 14.9 Å². The summed E-state index contributed by atoms with van der Waals surface area (Å²) < 4.78 is 28.0. The van der Waals surface area contributed by atoms with Crippen LogP contribution in [0, 0.1) is 0 Å². The first-order valence-electron chi connectivity index (χ1n) is 7.79. The predicted molar refractivity (Wildman–Crippen MR) is 104 cm³/mol. The second-order valence-corrected chi connectivity index (χ2v) is 7.78. The number of nitrogens with two attached hydrogens (primary N) is 1. The average molecular weight is 406 g/mol. The molecule has 7 nitrogen and oxygen atoms in total. The van der Waals surface area contributed by atoms with E-state index in [2.05, 4.69) is 5.10 Å². The molecule has 9 heteroatoms.